The molecule has 2 aromatic carbocycles. The lowest BCUT2D eigenvalue weighted by Crippen LogP contribution is -2.15. The quantitative estimate of drug-likeness (QED) is 0.837. The molecule has 0 saturated carbocycles. The molecule has 0 aliphatic carbocycles. The van der Waals surface area contributed by atoms with Gasteiger partial charge in [0.15, 0.2) is 0 Å². The second kappa shape index (κ2) is 6.09. The Kier molecular flexibility index (Phi) is 4.44. The second-order valence-corrected chi connectivity index (χ2v) is 4.96. The molecular weight excluding hydrogens is 335 g/mol. The summed E-state index contributed by atoms with van der Waals surface area (Å²) in [5.41, 5.74) is 0.188. The first-order chi connectivity index (χ1) is 9.45. The maximum atomic E-state index is 13.5. The molecule has 6 heteroatoms. The number of halogens is 4. The van der Waals surface area contributed by atoms with Crippen molar-refractivity contribution in [3.05, 3.63) is 63.9 Å². The van der Waals surface area contributed by atoms with Gasteiger partial charge in [-0.2, -0.15) is 0 Å². The minimum absolute atomic E-state index is 0.0295. The molecule has 0 saturated heterocycles. The van der Waals surface area contributed by atoms with Crippen molar-refractivity contribution in [2.75, 3.05) is 5.32 Å². The van der Waals surface area contributed by atoms with Gasteiger partial charge in [-0.05, 0) is 39.7 Å². The largest absolute Gasteiger partial charge is 0.323 e. The molecule has 20 heavy (non-hydrogen) atoms. The molecule has 0 fully saturated rings. The third-order valence-corrected chi connectivity index (χ3v) is 3.15. The van der Waals surface area contributed by atoms with Crippen molar-refractivity contribution in [1.29, 1.82) is 0 Å². The van der Waals surface area contributed by atoms with E-state index in [4.69, 9.17) is 0 Å². The van der Waals surface area contributed by atoms with Crippen LogP contribution in [0.2, 0.25) is 0 Å². The molecule has 1 N–H and O–H groups in total. The van der Waals surface area contributed by atoms with E-state index in [9.17, 15) is 18.0 Å². The zero-order chi connectivity index (χ0) is 14.7. The summed E-state index contributed by atoms with van der Waals surface area (Å²) in [4.78, 5) is 11.7. The number of hydrogen-bond donors (Lipinski definition) is 1. The van der Waals surface area contributed by atoms with Crippen molar-refractivity contribution in [1.82, 2.24) is 0 Å². The Labute approximate surface area is 121 Å². The predicted octanol–water partition coefficient (Wildman–Crippen LogP) is 4.05. The summed E-state index contributed by atoms with van der Waals surface area (Å²) in [6.07, 6.45) is -0.130. The van der Waals surface area contributed by atoms with Gasteiger partial charge in [0.25, 0.3) is 0 Å². The zero-order valence-electron chi connectivity index (χ0n) is 10.1. The van der Waals surface area contributed by atoms with E-state index in [0.717, 1.165) is 12.1 Å². The van der Waals surface area contributed by atoms with Crippen molar-refractivity contribution in [2.45, 2.75) is 6.42 Å². The van der Waals surface area contributed by atoms with Crippen LogP contribution in [0, 0.1) is 17.5 Å². The highest BCUT2D eigenvalue weighted by molar-refractivity contribution is 9.10. The fraction of sp³-hybridized carbons (Fsp3) is 0.0714. The van der Waals surface area contributed by atoms with E-state index in [1.807, 2.05) is 0 Å². The summed E-state index contributed by atoms with van der Waals surface area (Å²) in [6.45, 7) is 0. The highest BCUT2D eigenvalue weighted by Gasteiger charge is 2.11. The molecule has 0 unspecified atom stereocenters. The van der Waals surface area contributed by atoms with E-state index < -0.39 is 23.4 Å². The van der Waals surface area contributed by atoms with Gasteiger partial charge >= 0.3 is 0 Å². The number of nitrogens with one attached hydrogen (secondary N) is 1. The van der Waals surface area contributed by atoms with E-state index in [0.29, 0.717) is 5.56 Å². The number of rotatable bonds is 3. The molecule has 0 aromatic heterocycles. The Morgan fingerprint density at radius 3 is 2.55 bits per heavy atom. The number of amides is 1. The SMILES string of the molecule is O=C(Cc1cccc(F)c1)Nc1cc(F)c(Br)cc1F. The third kappa shape index (κ3) is 3.60. The van der Waals surface area contributed by atoms with Gasteiger partial charge in [-0.15, -0.1) is 0 Å². The molecule has 0 bridgehead atoms. The highest BCUT2D eigenvalue weighted by Crippen LogP contribution is 2.23. The average Bonchev–Trinajstić information content (AvgIpc) is 2.36. The molecule has 1 amide bonds. The van der Waals surface area contributed by atoms with Crippen molar-refractivity contribution >= 4 is 27.5 Å². The third-order valence-electron chi connectivity index (χ3n) is 2.54. The number of benzene rings is 2. The number of carbonyl (C=O) groups excluding carboxylic acids is 1. The molecule has 0 atom stereocenters. The summed E-state index contributed by atoms with van der Waals surface area (Å²) >= 11 is 2.84. The van der Waals surface area contributed by atoms with Gasteiger partial charge in [0, 0.05) is 6.07 Å². The van der Waals surface area contributed by atoms with Crippen molar-refractivity contribution in [2.24, 2.45) is 0 Å². The van der Waals surface area contributed by atoms with Crippen molar-refractivity contribution in [3.63, 3.8) is 0 Å². The molecule has 0 heterocycles. The van der Waals surface area contributed by atoms with E-state index >= 15 is 0 Å². The molecule has 0 spiro atoms. The van der Waals surface area contributed by atoms with Crippen LogP contribution in [-0.2, 0) is 11.2 Å². The molecule has 0 aliphatic heterocycles. The van der Waals surface area contributed by atoms with Crippen LogP contribution < -0.4 is 5.32 Å². The van der Waals surface area contributed by atoms with E-state index in [1.54, 1.807) is 6.07 Å². The Morgan fingerprint density at radius 2 is 1.85 bits per heavy atom. The molecular formula is C14H9BrF3NO. The lowest BCUT2D eigenvalue weighted by atomic mass is 10.1. The molecule has 0 radical (unpaired) electrons. The van der Waals surface area contributed by atoms with E-state index in [2.05, 4.69) is 21.2 Å². The average molecular weight is 344 g/mol. The Hall–Kier alpha value is -1.82. The summed E-state index contributed by atoms with van der Waals surface area (Å²) in [6, 6.07) is 7.30. The summed E-state index contributed by atoms with van der Waals surface area (Å²) < 4.78 is 39.7. The first-order valence-electron chi connectivity index (χ1n) is 5.64. The van der Waals surface area contributed by atoms with Gasteiger partial charge in [0.05, 0.1) is 16.6 Å². The van der Waals surface area contributed by atoms with Crippen LogP contribution >= 0.6 is 15.9 Å². The fourth-order valence-corrected chi connectivity index (χ4v) is 1.96. The van der Waals surface area contributed by atoms with Gasteiger partial charge in [0.2, 0.25) is 5.91 Å². The topological polar surface area (TPSA) is 29.1 Å². The van der Waals surface area contributed by atoms with Crippen molar-refractivity contribution in [3.8, 4) is 0 Å². The van der Waals surface area contributed by atoms with Gasteiger partial charge < -0.3 is 5.32 Å². The summed E-state index contributed by atoms with van der Waals surface area (Å²) in [5.74, 6) is -2.47. The van der Waals surface area contributed by atoms with Crippen LogP contribution in [-0.4, -0.2) is 5.91 Å². The smallest absolute Gasteiger partial charge is 0.228 e. The molecule has 0 aliphatic rings. The van der Waals surface area contributed by atoms with Gasteiger partial charge in [-0.3, -0.25) is 4.79 Å². The molecule has 104 valence electrons. The number of hydrogen-bond acceptors (Lipinski definition) is 1. The van der Waals surface area contributed by atoms with E-state index in [-0.39, 0.29) is 16.6 Å². The normalized spacial score (nSPS) is 10.4. The van der Waals surface area contributed by atoms with Crippen LogP contribution in [0.15, 0.2) is 40.9 Å². The van der Waals surface area contributed by atoms with E-state index in [1.165, 1.54) is 18.2 Å². The minimum atomic E-state index is -0.758. The van der Waals surface area contributed by atoms with Gasteiger partial charge in [-0.1, -0.05) is 12.1 Å². The molecule has 2 nitrogen and oxygen atoms in total. The Bertz CT molecular complexity index is 661. The van der Waals surface area contributed by atoms with Crippen LogP contribution in [0.5, 0.6) is 0 Å². The maximum Gasteiger partial charge on any atom is 0.228 e. The monoisotopic (exact) mass is 343 g/mol. The highest BCUT2D eigenvalue weighted by atomic mass is 79.9. The van der Waals surface area contributed by atoms with Crippen molar-refractivity contribution < 1.29 is 18.0 Å². The minimum Gasteiger partial charge on any atom is -0.323 e. The first kappa shape index (κ1) is 14.6. The molecule has 2 aromatic rings. The summed E-state index contributed by atoms with van der Waals surface area (Å²) in [5, 5.41) is 2.25. The van der Waals surface area contributed by atoms with Crippen LogP contribution in [0.3, 0.4) is 0 Å². The predicted molar refractivity (Wildman–Crippen MR) is 72.8 cm³/mol. The number of carbonyl (C=O) groups is 1. The van der Waals surface area contributed by atoms with Crippen LogP contribution in [0.1, 0.15) is 5.56 Å². The lowest BCUT2D eigenvalue weighted by molar-refractivity contribution is -0.115. The Morgan fingerprint density at radius 1 is 1.10 bits per heavy atom. The first-order valence-corrected chi connectivity index (χ1v) is 6.44. The zero-order valence-corrected chi connectivity index (χ0v) is 11.7. The Balaban J connectivity index is 2.10. The second-order valence-electron chi connectivity index (χ2n) is 4.10. The van der Waals surface area contributed by atoms with Crippen LogP contribution in [0.25, 0.3) is 0 Å². The van der Waals surface area contributed by atoms with Gasteiger partial charge in [0.1, 0.15) is 17.5 Å². The lowest BCUT2D eigenvalue weighted by Gasteiger charge is -2.07. The maximum absolute atomic E-state index is 13.5. The summed E-state index contributed by atoms with van der Waals surface area (Å²) in [7, 11) is 0. The standard InChI is InChI=1S/C14H9BrF3NO/c15-10-6-12(18)13(7-11(10)17)19-14(20)5-8-2-1-3-9(16)4-8/h1-4,6-7H,5H2,(H,19,20). The molecule has 2 rings (SSSR count). The van der Waals surface area contributed by atoms with Gasteiger partial charge in [-0.25, -0.2) is 13.2 Å². The number of anilines is 1. The van der Waals surface area contributed by atoms with Crippen LogP contribution in [0.4, 0.5) is 18.9 Å². The fourth-order valence-electron chi connectivity index (χ4n) is 1.65.